The van der Waals surface area contributed by atoms with Crippen molar-refractivity contribution in [2.24, 2.45) is 0 Å². The molecule has 2 aromatic heterocycles. The highest BCUT2D eigenvalue weighted by Gasteiger charge is 2.06. The molecular weight excluding hydrogens is 354 g/mol. The van der Waals surface area contributed by atoms with Crippen molar-refractivity contribution < 1.29 is 9.53 Å². The quantitative estimate of drug-likeness (QED) is 0.560. The minimum Gasteiger partial charge on any atom is -0.497 e. The summed E-state index contributed by atoms with van der Waals surface area (Å²) < 4.78 is 6.77. The molecule has 28 heavy (non-hydrogen) atoms. The molecule has 7 heteroatoms. The van der Waals surface area contributed by atoms with Crippen LogP contribution in [0.2, 0.25) is 0 Å². The second-order valence-corrected chi connectivity index (χ2v) is 6.33. The van der Waals surface area contributed by atoms with Gasteiger partial charge in [0.05, 0.1) is 12.8 Å². The number of carbonyl (C=O) groups is 1. The Hall–Kier alpha value is -3.74. The first-order valence-electron chi connectivity index (χ1n) is 8.91. The molecule has 0 unspecified atom stereocenters. The van der Waals surface area contributed by atoms with Crippen LogP contribution in [-0.4, -0.2) is 32.8 Å². The molecule has 2 heterocycles. The van der Waals surface area contributed by atoms with Gasteiger partial charge in [0.2, 0.25) is 5.91 Å². The lowest BCUT2D eigenvalue weighted by molar-refractivity contribution is -0.116. The number of fused-ring (bicyclic) bond motifs is 1. The molecule has 4 aromatic rings. The molecule has 0 fully saturated rings. The van der Waals surface area contributed by atoms with Gasteiger partial charge in [-0.1, -0.05) is 24.3 Å². The molecule has 0 saturated heterocycles. The summed E-state index contributed by atoms with van der Waals surface area (Å²) in [5, 5.41) is 15.2. The topological polar surface area (TPSA) is 81.4 Å². The first-order valence-corrected chi connectivity index (χ1v) is 8.91. The molecule has 0 aliphatic rings. The predicted octanol–water partition coefficient (Wildman–Crippen LogP) is 3.37. The fourth-order valence-corrected chi connectivity index (χ4v) is 2.88. The van der Waals surface area contributed by atoms with Crippen LogP contribution >= 0.6 is 0 Å². The van der Waals surface area contributed by atoms with Gasteiger partial charge in [0.15, 0.2) is 5.65 Å². The molecule has 2 aromatic carbocycles. The van der Waals surface area contributed by atoms with E-state index >= 15 is 0 Å². The summed E-state index contributed by atoms with van der Waals surface area (Å²) in [5.41, 5.74) is 4.32. The number of amides is 1. The summed E-state index contributed by atoms with van der Waals surface area (Å²) in [5.74, 6) is 0.791. The van der Waals surface area contributed by atoms with E-state index in [-0.39, 0.29) is 5.91 Å². The van der Waals surface area contributed by atoms with Crippen LogP contribution in [0.4, 0.5) is 5.69 Å². The molecule has 140 valence electrons. The Balaban J connectivity index is 1.36. The van der Waals surface area contributed by atoms with Crippen molar-refractivity contribution >= 4 is 17.2 Å². The minimum atomic E-state index is -0.0207. The van der Waals surface area contributed by atoms with Gasteiger partial charge in [-0.05, 0) is 48.4 Å². The molecule has 4 rings (SSSR count). The van der Waals surface area contributed by atoms with Crippen LogP contribution in [-0.2, 0) is 11.2 Å². The third-order valence-electron chi connectivity index (χ3n) is 4.43. The summed E-state index contributed by atoms with van der Waals surface area (Å²) in [4.78, 5) is 12.2. The Bertz CT molecular complexity index is 1090. The zero-order chi connectivity index (χ0) is 19.3. The van der Waals surface area contributed by atoms with E-state index in [1.807, 2.05) is 60.7 Å². The van der Waals surface area contributed by atoms with E-state index in [1.54, 1.807) is 18.0 Å². The summed E-state index contributed by atoms with van der Waals surface area (Å²) in [6.45, 7) is 0. The number of benzene rings is 2. The van der Waals surface area contributed by atoms with Crippen molar-refractivity contribution in [3.8, 4) is 17.0 Å². The van der Waals surface area contributed by atoms with Crippen LogP contribution in [0.5, 0.6) is 5.75 Å². The van der Waals surface area contributed by atoms with Crippen molar-refractivity contribution in [3.05, 3.63) is 72.6 Å². The van der Waals surface area contributed by atoms with Crippen LogP contribution < -0.4 is 10.1 Å². The molecule has 0 aliphatic carbocycles. The molecule has 0 bridgehead atoms. The van der Waals surface area contributed by atoms with Crippen LogP contribution in [0.1, 0.15) is 12.0 Å². The van der Waals surface area contributed by atoms with Gasteiger partial charge >= 0.3 is 0 Å². The molecule has 0 radical (unpaired) electrons. The Morgan fingerprint density at radius 2 is 1.82 bits per heavy atom. The summed E-state index contributed by atoms with van der Waals surface area (Å²) in [7, 11) is 1.64. The molecule has 0 saturated carbocycles. The van der Waals surface area contributed by atoms with Crippen molar-refractivity contribution in [1.29, 1.82) is 0 Å². The van der Waals surface area contributed by atoms with Gasteiger partial charge in [-0.2, -0.15) is 9.61 Å². The summed E-state index contributed by atoms with van der Waals surface area (Å²) in [6.07, 6.45) is 2.66. The number of anilines is 1. The highest BCUT2D eigenvalue weighted by atomic mass is 16.5. The van der Waals surface area contributed by atoms with E-state index < -0.39 is 0 Å². The average molecular weight is 373 g/mol. The molecule has 0 aliphatic heterocycles. The Morgan fingerprint density at radius 3 is 2.57 bits per heavy atom. The normalized spacial score (nSPS) is 10.8. The fourth-order valence-electron chi connectivity index (χ4n) is 2.88. The second kappa shape index (κ2) is 7.87. The lowest BCUT2D eigenvalue weighted by Gasteiger charge is -2.07. The van der Waals surface area contributed by atoms with Crippen LogP contribution in [0.3, 0.4) is 0 Å². The maximum atomic E-state index is 12.2. The molecule has 1 amide bonds. The van der Waals surface area contributed by atoms with E-state index in [0.717, 1.165) is 28.3 Å². The number of aryl methyl sites for hydroxylation is 1. The molecule has 1 N–H and O–H groups in total. The van der Waals surface area contributed by atoms with Crippen molar-refractivity contribution in [2.75, 3.05) is 12.4 Å². The number of hydrogen-bond acceptors (Lipinski definition) is 5. The number of carbonyl (C=O) groups excluding carboxylic acids is 1. The fraction of sp³-hybridized carbons (Fsp3) is 0.143. The minimum absolute atomic E-state index is 0.0207. The van der Waals surface area contributed by atoms with E-state index in [0.29, 0.717) is 18.5 Å². The van der Waals surface area contributed by atoms with Gasteiger partial charge < -0.3 is 10.1 Å². The van der Waals surface area contributed by atoms with E-state index in [9.17, 15) is 4.79 Å². The second-order valence-electron chi connectivity index (χ2n) is 6.33. The Labute approximate surface area is 162 Å². The first-order chi connectivity index (χ1) is 13.7. The highest BCUT2D eigenvalue weighted by molar-refractivity contribution is 5.91. The Kier molecular flexibility index (Phi) is 4.97. The third kappa shape index (κ3) is 3.98. The zero-order valence-corrected chi connectivity index (χ0v) is 15.4. The maximum Gasteiger partial charge on any atom is 0.224 e. The number of rotatable bonds is 6. The number of aromatic nitrogens is 4. The number of hydrogen-bond donors (Lipinski definition) is 1. The van der Waals surface area contributed by atoms with Crippen molar-refractivity contribution in [1.82, 2.24) is 19.8 Å². The monoisotopic (exact) mass is 373 g/mol. The van der Waals surface area contributed by atoms with Gasteiger partial charge in [0.1, 0.15) is 12.1 Å². The van der Waals surface area contributed by atoms with Crippen LogP contribution in [0.25, 0.3) is 16.9 Å². The van der Waals surface area contributed by atoms with E-state index in [2.05, 4.69) is 20.6 Å². The van der Waals surface area contributed by atoms with Crippen LogP contribution in [0.15, 0.2) is 67.0 Å². The highest BCUT2D eigenvalue weighted by Crippen LogP contribution is 2.20. The van der Waals surface area contributed by atoms with Gasteiger partial charge in [0, 0.05) is 17.7 Å². The van der Waals surface area contributed by atoms with Crippen LogP contribution in [0, 0.1) is 0 Å². The number of ether oxygens (including phenoxy) is 1. The molecule has 0 atom stereocenters. The lowest BCUT2D eigenvalue weighted by atomic mass is 10.1. The Morgan fingerprint density at radius 1 is 1.04 bits per heavy atom. The lowest BCUT2D eigenvalue weighted by Crippen LogP contribution is -2.12. The number of nitrogens with zero attached hydrogens (tertiary/aromatic N) is 4. The smallest absolute Gasteiger partial charge is 0.224 e. The van der Waals surface area contributed by atoms with Crippen molar-refractivity contribution in [2.45, 2.75) is 12.8 Å². The van der Waals surface area contributed by atoms with Gasteiger partial charge in [-0.3, -0.25) is 4.79 Å². The van der Waals surface area contributed by atoms with E-state index in [4.69, 9.17) is 4.74 Å². The van der Waals surface area contributed by atoms with Crippen molar-refractivity contribution in [3.63, 3.8) is 0 Å². The standard InChI is InChI=1S/C21H19N5O2/c1-28-18-9-2-15(3-10-18)4-13-21(27)23-17-7-5-16(6-8-17)19-11-12-20-24-22-14-26(20)25-19/h2-3,5-12,14H,4,13H2,1H3,(H,23,27). The summed E-state index contributed by atoms with van der Waals surface area (Å²) in [6, 6.07) is 19.1. The average Bonchev–Trinajstić information content (AvgIpc) is 3.21. The maximum absolute atomic E-state index is 12.2. The molecular formula is C21H19N5O2. The predicted molar refractivity (Wildman–Crippen MR) is 106 cm³/mol. The van der Waals surface area contributed by atoms with Gasteiger partial charge in [-0.15, -0.1) is 10.2 Å². The third-order valence-corrected chi connectivity index (χ3v) is 4.43. The molecule has 0 spiro atoms. The zero-order valence-electron chi connectivity index (χ0n) is 15.4. The van der Waals surface area contributed by atoms with Gasteiger partial charge in [0.25, 0.3) is 0 Å². The number of nitrogens with one attached hydrogen (secondary N) is 1. The largest absolute Gasteiger partial charge is 0.497 e. The summed E-state index contributed by atoms with van der Waals surface area (Å²) >= 11 is 0. The van der Waals surface area contributed by atoms with E-state index in [1.165, 1.54) is 0 Å². The van der Waals surface area contributed by atoms with Gasteiger partial charge in [-0.25, -0.2) is 0 Å². The molecule has 7 nitrogen and oxygen atoms in total. The first kappa shape index (κ1) is 17.7. The SMILES string of the molecule is COc1ccc(CCC(=O)Nc2ccc(-c3ccc4nncn4n3)cc2)cc1. The number of methoxy groups -OCH3 is 1.